The Morgan fingerprint density at radius 3 is 2.47 bits per heavy atom. The van der Waals surface area contributed by atoms with Crippen LogP contribution < -0.4 is 25.8 Å². The molecule has 0 spiro atoms. The van der Waals surface area contributed by atoms with E-state index >= 15 is 0 Å². The van der Waals surface area contributed by atoms with Crippen LogP contribution in [0.25, 0.3) is 11.3 Å². The van der Waals surface area contributed by atoms with E-state index in [0.717, 1.165) is 62.0 Å². The molecule has 2 N–H and O–H groups in total. The summed E-state index contributed by atoms with van der Waals surface area (Å²) in [6.45, 7) is 3.59. The molecule has 3 rings (SSSR count). The molecule has 0 saturated heterocycles. The highest BCUT2D eigenvalue weighted by Gasteiger charge is 2.21. The molecule has 0 bridgehead atoms. The summed E-state index contributed by atoms with van der Waals surface area (Å²) in [5, 5.41) is 6.08. The standard InChI is InChI=1S/C22H30N4O4/c1-15(27)23-9-6-4-5-7-10-24-21-14-18-17-13-20(30-3)19(29-2)12-16(17)8-11-26(18)22(28)25-21/h12-14H,4-11H2,1-3H3,(H,23,27)(H,24,25,28). The van der Waals surface area contributed by atoms with Gasteiger partial charge >= 0.3 is 5.69 Å². The second-order valence-electron chi connectivity index (χ2n) is 7.40. The normalized spacial score (nSPS) is 12.0. The van der Waals surface area contributed by atoms with Gasteiger partial charge in [0.1, 0.15) is 5.82 Å². The van der Waals surface area contributed by atoms with Gasteiger partial charge in [0, 0.05) is 38.2 Å². The first-order valence-electron chi connectivity index (χ1n) is 10.4. The molecule has 0 atom stereocenters. The lowest BCUT2D eigenvalue weighted by Crippen LogP contribution is -2.29. The van der Waals surface area contributed by atoms with Gasteiger partial charge in [-0.25, -0.2) is 4.79 Å². The maximum Gasteiger partial charge on any atom is 0.349 e. The molecule has 30 heavy (non-hydrogen) atoms. The smallest absolute Gasteiger partial charge is 0.349 e. The molecule has 0 saturated carbocycles. The van der Waals surface area contributed by atoms with Gasteiger partial charge in [0.05, 0.1) is 19.9 Å². The SMILES string of the molecule is COc1cc2c(cc1OC)-c1cc(NCCCCCCNC(C)=O)nc(=O)n1CC2. The van der Waals surface area contributed by atoms with Crippen molar-refractivity contribution in [2.24, 2.45) is 0 Å². The zero-order valence-electron chi connectivity index (χ0n) is 17.9. The number of nitrogens with one attached hydrogen (secondary N) is 2. The van der Waals surface area contributed by atoms with E-state index in [9.17, 15) is 9.59 Å². The van der Waals surface area contributed by atoms with Crippen LogP contribution in [0.2, 0.25) is 0 Å². The summed E-state index contributed by atoms with van der Waals surface area (Å²) in [4.78, 5) is 27.6. The van der Waals surface area contributed by atoms with E-state index in [4.69, 9.17) is 9.47 Å². The molecule has 2 heterocycles. The third-order valence-electron chi connectivity index (χ3n) is 5.28. The van der Waals surface area contributed by atoms with Gasteiger partial charge in [0.2, 0.25) is 5.91 Å². The fourth-order valence-electron chi connectivity index (χ4n) is 3.72. The number of rotatable bonds is 10. The molecular formula is C22H30N4O4. The van der Waals surface area contributed by atoms with Gasteiger partial charge in [0.25, 0.3) is 0 Å². The van der Waals surface area contributed by atoms with Gasteiger partial charge in [-0.1, -0.05) is 12.8 Å². The third-order valence-corrected chi connectivity index (χ3v) is 5.28. The third kappa shape index (κ3) is 5.11. The van der Waals surface area contributed by atoms with Crippen molar-refractivity contribution < 1.29 is 14.3 Å². The number of amides is 1. The highest BCUT2D eigenvalue weighted by atomic mass is 16.5. The Balaban J connectivity index is 1.66. The number of fused-ring (bicyclic) bond motifs is 3. The Morgan fingerprint density at radius 1 is 1.07 bits per heavy atom. The number of anilines is 1. The van der Waals surface area contributed by atoms with Crippen LogP contribution in [0, 0.1) is 0 Å². The van der Waals surface area contributed by atoms with Crippen molar-refractivity contribution in [3.05, 3.63) is 34.2 Å². The fraction of sp³-hybridized carbons (Fsp3) is 0.500. The van der Waals surface area contributed by atoms with E-state index in [1.54, 1.807) is 18.8 Å². The van der Waals surface area contributed by atoms with Crippen molar-refractivity contribution in [3.63, 3.8) is 0 Å². The van der Waals surface area contributed by atoms with Gasteiger partial charge in [-0.2, -0.15) is 4.98 Å². The molecule has 0 aliphatic carbocycles. The van der Waals surface area contributed by atoms with E-state index in [-0.39, 0.29) is 11.6 Å². The van der Waals surface area contributed by atoms with Crippen LogP contribution in [0.4, 0.5) is 5.82 Å². The lowest BCUT2D eigenvalue weighted by molar-refractivity contribution is -0.118. The quantitative estimate of drug-likeness (QED) is 0.581. The van der Waals surface area contributed by atoms with E-state index < -0.39 is 0 Å². The second-order valence-corrected chi connectivity index (χ2v) is 7.40. The summed E-state index contributed by atoms with van der Waals surface area (Å²) < 4.78 is 12.6. The monoisotopic (exact) mass is 414 g/mol. The molecule has 0 unspecified atom stereocenters. The number of hydrogen-bond acceptors (Lipinski definition) is 6. The zero-order valence-corrected chi connectivity index (χ0v) is 17.9. The Labute approximate surface area is 176 Å². The van der Waals surface area contributed by atoms with E-state index in [0.29, 0.717) is 23.9 Å². The Hall–Kier alpha value is -3.03. The minimum absolute atomic E-state index is 0.0130. The molecule has 1 aliphatic heterocycles. The van der Waals surface area contributed by atoms with Crippen molar-refractivity contribution in [2.75, 3.05) is 32.6 Å². The maximum atomic E-state index is 12.6. The Kier molecular flexibility index (Phi) is 7.32. The van der Waals surface area contributed by atoms with Crippen LogP contribution >= 0.6 is 0 Å². The molecule has 8 heteroatoms. The highest BCUT2D eigenvalue weighted by molar-refractivity contribution is 5.73. The van der Waals surface area contributed by atoms with Gasteiger partial charge < -0.3 is 20.1 Å². The molecule has 8 nitrogen and oxygen atoms in total. The number of benzene rings is 1. The lowest BCUT2D eigenvalue weighted by atomic mass is 9.97. The summed E-state index contributed by atoms with van der Waals surface area (Å²) in [5.74, 6) is 1.94. The molecule has 1 aromatic heterocycles. The largest absolute Gasteiger partial charge is 0.493 e. The minimum atomic E-state index is -0.245. The summed E-state index contributed by atoms with van der Waals surface area (Å²) in [6, 6.07) is 5.84. The molecule has 2 aromatic rings. The number of aromatic nitrogens is 2. The van der Waals surface area contributed by atoms with Gasteiger partial charge in [-0.05, 0) is 37.0 Å². The summed E-state index contributed by atoms with van der Waals surface area (Å²) >= 11 is 0. The summed E-state index contributed by atoms with van der Waals surface area (Å²) in [5.41, 5.74) is 2.70. The van der Waals surface area contributed by atoms with Crippen LogP contribution in [-0.2, 0) is 17.8 Å². The first-order valence-corrected chi connectivity index (χ1v) is 10.4. The van der Waals surface area contributed by atoms with E-state index in [2.05, 4.69) is 15.6 Å². The minimum Gasteiger partial charge on any atom is -0.493 e. The molecule has 1 aromatic carbocycles. The number of carbonyl (C=O) groups is 1. The molecular weight excluding hydrogens is 384 g/mol. The molecule has 0 radical (unpaired) electrons. The number of nitrogens with zero attached hydrogens (tertiary/aromatic N) is 2. The van der Waals surface area contributed by atoms with Crippen LogP contribution in [0.1, 0.15) is 38.2 Å². The van der Waals surface area contributed by atoms with E-state index in [1.807, 2.05) is 18.2 Å². The predicted molar refractivity (Wildman–Crippen MR) is 116 cm³/mol. The number of unbranched alkanes of at least 4 members (excludes halogenated alkanes) is 3. The van der Waals surface area contributed by atoms with Gasteiger partial charge in [-0.15, -0.1) is 0 Å². The van der Waals surface area contributed by atoms with Crippen LogP contribution in [0.15, 0.2) is 23.0 Å². The van der Waals surface area contributed by atoms with Crippen molar-refractivity contribution in [3.8, 4) is 22.8 Å². The summed E-state index contributed by atoms with van der Waals surface area (Å²) in [7, 11) is 3.23. The topological polar surface area (TPSA) is 94.5 Å². The van der Waals surface area contributed by atoms with Gasteiger partial charge in [0.15, 0.2) is 11.5 Å². The first-order chi connectivity index (χ1) is 14.5. The predicted octanol–water partition coefficient (Wildman–Crippen LogP) is 2.59. The number of ether oxygens (including phenoxy) is 2. The maximum absolute atomic E-state index is 12.6. The number of hydrogen-bond donors (Lipinski definition) is 2. The molecule has 162 valence electrons. The Morgan fingerprint density at radius 2 is 1.77 bits per heavy atom. The lowest BCUT2D eigenvalue weighted by Gasteiger charge is -2.23. The van der Waals surface area contributed by atoms with Crippen LogP contribution in [0.5, 0.6) is 11.5 Å². The van der Waals surface area contributed by atoms with Crippen LogP contribution in [-0.4, -0.2) is 42.8 Å². The van der Waals surface area contributed by atoms with Crippen molar-refractivity contribution in [1.82, 2.24) is 14.9 Å². The number of aryl methyl sites for hydroxylation is 1. The zero-order chi connectivity index (χ0) is 21.5. The molecule has 1 amide bonds. The fourth-order valence-corrected chi connectivity index (χ4v) is 3.72. The van der Waals surface area contributed by atoms with Crippen molar-refractivity contribution in [2.45, 2.75) is 45.6 Å². The van der Waals surface area contributed by atoms with Gasteiger partial charge in [-0.3, -0.25) is 9.36 Å². The van der Waals surface area contributed by atoms with E-state index in [1.165, 1.54) is 6.92 Å². The second kappa shape index (κ2) is 10.1. The van der Waals surface area contributed by atoms with Crippen LogP contribution in [0.3, 0.4) is 0 Å². The highest BCUT2D eigenvalue weighted by Crippen LogP contribution is 2.38. The average Bonchev–Trinajstić information content (AvgIpc) is 2.74. The number of carbonyl (C=O) groups excluding carboxylic acids is 1. The first kappa shape index (κ1) is 21.7. The average molecular weight is 415 g/mol. The number of methoxy groups -OCH3 is 2. The summed E-state index contributed by atoms with van der Waals surface area (Å²) in [6.07, 6.45) is 4.80. The molecule has 1 aliphatic rings. The Bertz CT molecular complexity index is 955. The van der Waals surface area contributed by atoms with Crippen molar-refractivity contribution >= 4 is 11.7 Å². The van der Waals surface area contributed by atoms with Crippen molar-refractivity contribution in [1.29, 1.82) is 0 Å². The molecule has 0 fully saturated rings.